The number of aromatic nitrogens is 1. The number of piperidine rings is 1. The lowest BCUT2D eigenvalue weighted by atomic mass is 10.00. The topological polar surface area (TPSA) is 54.8 Å². The first kappa shape index (κ1) is 15.7. The van der Waals surface area contributed by atoms with Crippen molar-refractivity contribution in [2.24, 2.45) is 0 Å². The molecule has 1 aromatic heterocycles. The number of carbonyl (C=O) groups excluding carboxylic acids is 1. The van der Waals surface area contributed by atoms with Crippen molar-refractivity contribution < 1.29 is 72.6 Å². The molecule has 5 aromatic rings. The van der Waals surface area contributed by atoms with Crippen LogP contribution >= 0.6 is 11.8 Å². The minimum absolute atomic E-state index is 0.205. The highest BCUT2D eigenvalue weighted by Crippen LogP contribution is 2.32. The molecule has 1 saturated heterocycles. The summed E-state index contributed by atoms with van der Waals surface area (Å²) >= 11 is -0.205. The Kier molecular flexibility index (Phi) is 4.93. The van der Waals surface area contributed by atoms with Gasteiger partial charge in [0.15, 0.2) is 17.1 Å². The first-order valence-electron chi connectivity index (χ1n) is 29.5. The van der Waals surface area contributed by atoms with Crippen LogP contribution in [0.3, 0.4) is 0 Å². The van der Waals surface area contributed by atoms with Crippen molar-refractivity contribution in [3.05, 3.63) is 135 Å². The number of alkyl halides is 3. The van der Waals surface area contributed by atoms with Gasteiger partial charge in [0.05, 0.1) is 50.1 Å². The highest BCUT2D eigenvalue weighted by molar-refractivity contribution is 7.98. The number of hydrogen-bond acceptors (Lipinski definition) is 5. The Morgan fingerprint density at radius 3 is 2.36 bits per heavy atom. The smallest absolute Gasteiger partial charge is 0.383 e. The largest absolute Gasteiger partial charge is 0.416 e. The first-order valence-corrected chi connectivity index (χ1v) is 15.5. The molecule has 4 aromatic carbocycles. The molecule has 2 heterocycles. The quantitative estimate of drug-likeness (QED) is 0.0938. The van der Waals surface area contributed by atoms with Gasteiger partial charge in [-0.15, -0.1) is 11.8 Å². The van der Waals surface area contributed by atoms with Gasteiger partial charge in [-0.3, -0.25) is 9.59 Å². The Hall–Kier alpha value is -4.52. The van der Waals surface area contributed by atoms with E-state index in [-0.39, 0.29) is 16.3 Å². The summed E-state index contributed by atoms with van der Waals surface area (Å²) in [6.45, 7) is -23.9. The predicted octanol–water partition coefficient (Wildman–Crippen LogP) is 8.71. The monoisotopic (exact) mass is 779 g/mol. The average molecular weight is 780 g/mol. The number of amides is 1. The lowest BCUT2D eigenvalue weighted by molar-refractivity contribution is -0.137. The molecular weight excluding hydrogens is 710 g/mol. The van der Waals surface area contributed by atoms with Gasteiger partial charge < -0.3 is 19.1 Å². The van der Waals surface area contributed by atoms with Crippen LogP contribution in [0, 0.1) is 18.6 Å². The Bertz CT molecular complexity index is 3560. The van der Waals surface area contributed by atoms with E-state index in [0.717, 1.165) is 6.92 Å². The van der Waals surface area contributed by atoms with Gasteiger partial charge in [-0.25, -0.2) is 8.78 Å². The van der Waals surface area contributed by atoms with E-state index in [1.54, 1.807) is 0 Å². The summed E-state index contributed by atoms with van der Waals surface area (Å²) in [5, 5.41) is -2.59. The van der Waals surface area contributed by atoms with Gasteiger partial charge in [0, 0.05) is 75.6 Å². The van der Waals surface area contributed by atoms with E-state index in [1.165, 1.54) is 0 Å². The van der Waals surface area contributed by atoms with Crippen LogP contribution in [0.15, 0.2) is 100 Å². The zero-order valence-corrected chi connectivity index (χ0v) is 27.6. The van der Waals surface area contributed by atoms with Crippen molar-refractivity contribution in [3.63, 3.8) is 0 Å². The van der Waals surface area contributed by atoms with Crippen LogP contribution in [-0.4, -0.2) is 59.5 Å². The summed E-state index contributed by atoms with van der Waals surface area (Å²) in [7, 11) is 0.453. The third kappa shape index (κ3) is 9.17. The van der Waals surface area contributed by atoms with Gasteiger partial charge in [-0.05, 0) is 66.6 Å². The summed E-state index contributed by atoms with van der Waals surface area (Å²) < 4.78 is 340. The molecule has 0 saturated carbocycles. The number of carbonyl (C=O) groups is 1. The number of fused-ring (bicyclic) bond motifs is 1. The minimum Gasteiger partial charge on any atom is -0.383 e. The highest BCUT2D eigenvalue weighted by atomic mass is 32.2. The summed E-state index contributed by atoms with van der Waals surface area (Å²) in [6.07, 6.45) is -15.5. The van der Waals surface area contributed by atoms with Crippen LogP contribution in [0.1, 0.15) is 76.1 Å². The van der Waals surface area contributed by atoms with Gasteiger partial charge in [0.25, 0.3) is 0 Å². The van der Waals surface area contributed by atoms with E-state index in [2.05, 4.69) is 4.74 Å². The standard InChI is InChI=1S/C41H40F5N3O3S/c1-27-6-15-36-34(22-27)37(50)23-39(53-26-31-4-3-5-35(42)40(31)43)49(36)25-38(51)48(33-16-18-47(19-17-33)20-21-52-2)24-28-7-9-29(10-8-28)30-11-13-32(14-12-30)41(44,45)46/h3-15,22-23,33H,16-21,24-26H2,1-2H3/i3D,4D,5D,6D,7D,8D,9D,10D,11D,12D,13D,14D,15D,16D2,17D2,18D2,19D2,20D2,21D2,22D,23D,25D2,33D. The van der Waals surface area contributed by atoms with Crippen molar-refractivity contribution in [3.8, 4) is 11.1 Å². The Morgan fingerprint density at radius 1 is 1.02 bits per heavy atom. The van der Waals surface area contributed by atoms with E-state index in [9.17, 15) is 32.0 Å². The Morgan fingerprint density at radius 2 is 1.70 bits per heavy atom. The number of hydrogen-bond donors (Lipinski definition) is 0. The van der Waals surface area contributed by atoms with E-state index in [0.29, 0.717) is 7.11 Å². The molecule has 0 aliphatic carbocycles. The fourth-order valence-corrected chi connectivity index (χ4v) is 5.15. The lowest BCUT2D eigenvalue weighted by Crippen LogP contribution is -2.48. The van der Waals surface area contributed by atoms with Crippen LogP contribution in [0.4, 0.5) is 22.0 Å². The fourth-order valence-electron chi connectivity index (χ4n) is 4.24. The average Bonchev–Trinajstić information content (AvgIpc) is 0.936. The van der Waals surface area contributed by atoms with Crippen molar-refractivity contribution in [2.75, 3.05) is 33.2 Å². The molecule has 0 spiro atoms. The molecule has 0 atom stereocenters. The van der Waals surface area contributed by atoms with Crippen LogP contribution in [0.5, 0.6) is 0 Å². The Balaban J connectivity index is 1.81. The SMILES string of the molecule is [2H]c1c([2H])c(F)c(F)c(CSc2c([2H])c(=O)c3c([2H])c(C)c([2H])c([2H])c3n2C([2H])([2H])C(=O)N(Cc2c([2H])c([2H])c(-c3c([2H])c([2H])c(C(F)(F)F)c([2H])c3[2H])c([2H])c2[2H])C2([2H])C([2H])([2H])C([2H])([2H])N(C([2H])([2H])C([2H])([2H])OC)C([2H])([2H])C2([2H])[2H])c1[2H]. The number of halogens is 5. The number of nitrogens with zero attached hydrogens (tertiary/aromatic N) is 3. The maximum Gasteiger partial charge on any atom is 0.416 e. The number of ether oxygens (including phenoxy) is 1. The Labute approximate surface area is 351 Å². The van der Waals surface area contributed by atoms with Crippen LogP contribution in [0.2, 0.25) is 0 Å². The predicted molar refractivity (Wildman–Crippen MR) is 198 cm³/mol. The number of methoxy groups -OCH3 is 1. The molecule has 0 unspecified atom stereocenters. The molecule has 1 aliphatic rings. The molecular formula is C41H40F5N3O3S. The van der Waals surface area contributed by atoms with Crippen LogP contribution in [0.25, 0.3) is 22.0 Å². The van der Waals surface area contributed by atoms with Gasteiger partial charge in [-0.2, -0.15) is 13.2 Å². The molecule has 0 bridgehead atoms. The summed E-state index contributed by atoms with van der Waals surface area (Å²) in [4.78, 5) is 28.2. The molecule has 1 aliphatic heterocycles. The number of likely N-dealkylation sites (tertiary alicyclic amines) is 1. The van der Waals surface area contributed by atoms with Gasteiger partial charge in [-0.1, -0.05) is 59.9 Å². The van der Waals surface area contributed by atoms with Crippen molar-refractivity contribution in [1.29, 1.82) is 0 Å². The molecule has 12 heteroatoms. The third-order valence-electron chi connectivity index (χ3n) is 6.69. The second-order valence-electron chi connectivity index (χ2n) is 10.3. The zero-order valence-electron chi connectivity index (χ0n) is 56.8. The lowest BCUT2D eigenvalue weighted by Gasteiger charge is -2.39. The molecule has 0 radical (unpaired) electrons. The third-order valence-corrected chi connectivity index (χ3v) is 7.69. The second kappa shape index (κ2) is 16.7. The first-order chi connectivity index (χ1) is 37.3. The van der Waals surface area contributed by atoms with Crippen LogP contribution < -0.4 is 5.43 Å². The summed E-state index contributed by atoms with van der Waals surface area (Å²) in [5.41, 5.74) is -11.1. The second-order valence-corrected chi connectivity index (χ2v) is 11.2. The molecule has 6 rings (SSSR count). The molecule has 1 fully saturated rings. The maximum atomic E-state index is 15.9. The maximum absolute atomic E-state index is 15.9. The van der Waals surface area contributed by atoms with Crippen molar-refractivity contribution in [1.82, 2.24) is 14.4 Å². The van der Waals surface area contributed by atoms with E-state index < -0.39 is 243 Å². The van der Waals surface area contributed by atoms with Crippen molar-refractivity contribution >= 4 is 28.6 Å². The molecule has 6 nitrogen and oxygen atoms in total. The number of rotatable bonds is 12. The van der Waals surface area contributed by atoms with E-state index >= 15 is 9.18 Å². The molecule has 278 valence electrons. The zero-order chi connectivity index (χ0) is 64.2. The molecule has 0 N–H and O–H groups in total. The van der Waals surface area contributed by atoms with Gasteiger partial charge in [0.2, 0.25) is 5.91 Å². The summed E-state index contributed by atoms with van der Waals surface area (Å²) in [5.74, 6) is -8.17. The minimum atomic E-state index is -5.57. The van der Waals surface area contributed by atoms with Gasteiger partial charge >= 0.3 is 6.18 Å². The van der Waals surface area contributed by atoms with E-state index in [4.69, 9.17) is 31.5 Å². The number of benzene rings is 4. The molecule has 1 amide bonds. The highest BCUT2D eigenvalue weighted by Gasteiger charge is 2.31. The number of thioether (sulfide) groups is 1. The normalized spacial score (nSPS) is 27.5. The van der Waals surface area contributed by atoms with Gasteiger partial charge in [0.1, 0.15) is 6.50 Å². The fraction of sp³-hybridized carbons (Fsp3) is 0.317. The van der Waals surface area contributed by atoms with Crippen LogP contribution in [-0.2, 0) is 34.5 Å². The van der Waals surface area contributed by atoms with E-state index in [1.807, 2.05) is 0 Å². The number of pyridine rings is 1. The van der Waals surface area contributed by atoms with Crippen molar-refractivity contribution in [2.45, 2.75) is 55.7 Å². The molecule has 53 heavy (non-hydrogen) atoms. The summed E-state index contributed by atoms with van der Waals surface area (Å²) in [6, 6.07) is -27.3.